The lowest BCUT2D eigenvalue weighted by Gasteiger charge is -2.38. The van der Waals surface area contributed by atoms with Crippen LogP contribution in [0, 0.1) is 35.5 Å². The molecule has 0 heterocycles. The Kier molecular flexibility index (Phi) is 2.13. The van der Waals surface area contributed by atoms with Crippen LogP contribution in [0.25, 0.3) is 0 Å². The summed E-state index contributed by atoms with van der Waals surface area (Å²) in [5.41, 5.74) is 1.50. The van der Waals surface area contributed by atoms with Crippen molar-refractivity contribution < 1.29 is 4.79 Å². The summed E-state index contributed by atoms with van der Waals surface area (Å²) in [6.45, 7) is 1.97. The van der Waals surface area contributed by atoms with Crippen molar-refractivity contribution in [2.45, 2.75) is 26.2 Å². The molecule has 0 saturated heterocycles. The minimum atomic E-state index is -0.342. The molecule has 86 valence electrons. The van der Waals surface area contributed by atoms with Gasteiger partial charge in [-0.3, -0.25) is 4.79 Å². The first kappa shape index (κ1) is 10.5. The van der Waals surface area contributed by atoms with Crippen LogP contribution < -0.4 is 0 Å². The second-order valence-corrected chi connectivity index (χ2v) is 5.49. The van der Waals surface area contributed by atoms with Gasteiger partial charge in [0.2, 0.25) is 0 Å². The van der Waals surface area contributed by atoms with Crippen molar-refractivity contribution >= 4 is 5.78 Å². The van der Waals surface area contributed by atoms with Crippen LogP contribution in [0.3, 0.4) is 0 Å². The number of nitriles is 1. The molecule has 2 nitrogen and oxygen atoms in total. The third-order valence-electron chi connectivity index (χ3n) is 4.54. The molecule has 3 fully saturated rings. The number of carbonyl (C=O) groups is 1. The van der Waals surface area contributed by atoms with E-state index in [2.05, 4.69) is 6.07 Å². The molecule has 17 heavy (non-hydrogen) atoms. The van der Waals surface area contributed by atoms with Gasteiger partial charge in [0.15, 0.2) is 5.78 Å². The molecule has 2 bridgehead atoms. The van der Waals surface area contributed by atoms with Gasteiger partial charge < -0.3 is 0 Å². The minimum Gasteiger partial charge on any atom is -0.293 e. The standard InChI is InChI=1S/C15H15NO/c1-10-4-2-3-5-13(10)14(17)15-7-11(8-15)6-12(15)9-16/h2-5,11-12H,6-8H2,1H3. The summed E-state index contributed by atoms with van der Waals surface area (Å²) in [6.07, 6.45) is 2.78. The summed E-state index contributed by atoms with van der Waals surface area (Å²) in [5, 5.41) is 9.19. The van der Waals surface area contributed by atoms with Gasteiger partial charge in [0.1, 0.15) is 0 Å². The largest absolute Gasteiger partial charge is 0.293 e. The van der Waals surface area contributed by atoms with Gasteiger partial charge in [0.05, 0.1) is 12.0 Å². The number of fused-ring (bicyclic) bond motifs is 1. The molecule has 1 atom stereocenters. The Labute approximate surface area is 101 Å². The van der Waals surface area contributed by atoms with E-state index in [-0.39, 0.29) is 17.1 Å². The smallest absolute Gasteiger partial charge is 0.170 e. The van der Waals surface area contributed by atoms with Crippen LogP contribution in [0.5, 0.6) is 0 Å². The van der Waals surface area contributed by atoms with Gasteiger partial charge in [0, 0.05) is 11.0 Å². The number of hydrogen-bond acceptors (Lipinski definition) is 2. The van der Waals surface area contributed by atoms with Crippen molar-refractivity contribution in [3.8, 4) is 6.07 Å². The lowest BCUT2D eigenvalue weighted by atomic mass is 9.62. The molecule has 0 aromatic heterocycles. The average Bonchev–Trinajstić information content (AvgIpc) is 2.83. The van der Waals surface area contributed by atoms with Gasteiger partial charge in [-0.05, 0) is 37.7 Å². The summed E-state index contributed by atoms with van der Waals surface area (Å²) in [7, 11) is 0. The fourth-order valence-corrected chi connectivity index (χ4v) is 3.60. The fourth-order valence-electron chi connectivity index (χ4n) is 3.60. The highest BCUT2D eigenvalue weighted by molar-refractivity contribution is 6.03. The quantitative estimate of drug-likeness (QED) is 0.725. The van der Waals surface area contributed by atoms with Gasteiger partial charge in [-0.15, -0.1) is 0 Å². The molecule has 3 saturated carbocycles. The molecule has 1 aromatic rings. The summed E-state index contributed by atoms with van der Waals surface area (Å²) in [5.74, 6) is 0.767. The molecule has 3 aliphatic rings. The number of Topliss-reactive ketones (excluding diaryl/α,β-unsaturated/α-hetero) is 1. The number of aryl methyl sites for hydroxylation is 1. The van der Waals surface area contributed by atoms with E-state index in [4.69, 9.17) is 0 Å². The Morgan fingerprint density at radius 1 is 1.41 bits per heavy atom. The Morgan fingerprint density at radius 2 is 2.12 bits per heavy atom. The number of benzene rings is 1. The van der Waals surface area contributed by atoms with Gasteiger partial charge >= 0.3 is 0 Å². The van der Waals surface area contributed by atoms with Gasteiger partial charge in [-0.1, -0.05) is 24.3 Å². The lowest BCUT2D eigenvalue weighted by molar-refractivity contribution is 0.0590. The number of ketones is 1. The van der Waals surface area contributed by atoms with Crippen LogP contribution in [-0.4, -0.2) is 5.78 Å². The topological polar surface area (TPSA) is 40.9 Å². The van der Waals surface area contributed by atoms with Gasteiger partial charge in [0.25, 0.3) is 0 Å². The van der Waals surface area contributed by atoms with Crippen molar-refractivity contribution in [2.75, 3.05) is 0 Å². The van der Waals surface area contributed by atoms with Gasteiger partial charge in [-0.2, -0.15) is 5.26 Å². The molecular formula is C15H15NO. The second kappa shape index (κ2) is 3.43. The van der Waals surface area contributed by atoms with E-state index >= 15 is 0 Å². The van der Waals surface area contributed by atoms with E-state index < -0.39 is 0 Å². The number of rotatable bonds is 2. The van der Waals surface area contributed by atoms with Crippen LogP contribution in [0.1, 0.15) is 35.2 Å². The second-order valence-electron chi connectivity index (χ2n) is 5.49. The molecule has 0 aliphatic heterocycles. The highest BCUT2D eigenvalue weighted by Gasteiger charge is 2.61. The highest BCUT2D eigenvalue weighted by atomic mass is 16.1. The molecule has 1 aromatic carbocycles. The van der Waals surface area contributed by atoms with E-state index in [0.717, 1.165) is 30.4 Å². The van der Waals surface area contributed by atoms with Crippen LogP contribution in [-0.2, 0) is 0 Å². The Morgan fingerprint density at radius 3 is 2.76 bits per heavy atom. The minimum absolute atomic E-state index is 0.0559. The molecule has 0 spiro atoms. The normalized spacial score (nSPS) is 33.9. The average molecular weight is 225 g/mol. The molecule has 0 N–H and O–H groups in total. The Bertz CT molecular complexity index is 520. The predicted molar refractivity (Wildman–Crippen MR) is 64.4 cm³/mol. The first-order valence-corrected chi connectivity index (χ1v) is 6.17. The van der Waals surface area contributed by atoms with E-state index in [1.54, 1.807) is 0 Å². The van der Waals surface area contributed by atoms with Crippen LogP contribution >= 0.6 is 0 Å². The maximum atomic E-state index is 12.6. The van der Waals surface area contributed by atoms with Crippen LogP contribution in [0.4, 0.5) is 0 Å². The van der Waals surface area contributed by atoms with E-state index in [0.29, 0.717) is 5.92 Å². The maximum absolute atomic E-state index is 12.6. The SMILES string of the molecule is Cc1ccccc1C(=O)C12CC(CC1C#N)C2. The van der Waals surface area contributed by atoms with E-state index in [9.17, 15) is 10.1 Å². The maximum Gasteiger partial charge on any atom is 0.170 e. The molecule has 0 amide bonds. The number of hydrogen-bond donors (Lipinski definition) is 0. The molecule has 1 unspecified atom stereocenters. The highest BCUT2D eigenvalue weighted by Crippen LogP contribution is 2.63. The van der Waals surface area contributed by atoms with Crippen molar-refractivity contribution in [3.63, 3.8) is 0 Å². The third-order valence-corrected chi connectivity index (χ3v) is 4.54. The molecule has 4 rings (SSSR count). The van der Waals surface area contributed by atoms with Crippen molar-refractivity contribution in [1.82, 2.24) is 0 Å². The summed E-state index contributed by atoms with van der Waals surface area (Å²) in [4.78, 5) is 12.6. The molecule has 0 radical (unpaired) electrons. The van der Waals surface area contributed by atoms with Gasteiger partial charge in [-0.25, -0.2) is 0 Å². The van der Waals surface area contributed by atoms with Crippen molar-refractivity contribution in [1.29, 1.82) is 5.26 Å². The zero-order chi connectivity index (χ0) is 12.0. The first-order valence-electron chi connectivity index (χ1n) is 6.17. The van der Waals surface area contributed by atoms with E-state index in [1.165, 1.54) is 0 Å². The predicted octanol–water partition coefficient (Wildman–Crippen LogP) is 3.12. The zero-order valence-electron chi connectivity index (χ0n) is 9.94. The van der Waals surface area contributed by atoms with Crippen LogP contribution in [0.2, 0.25) is 0 Å². The Balaban J connectivity index is 1.99. The lowest BCUT2D eigenvalue weighted by Crippen LogP contribution is -2.40. The monoisotopic (exact) mass is 225 g/mol. The molecule has 3 aliphatic carbocycles. The zero-order valence-corrected chi connectivity index (χ0v) is 9.94. The van der Waals surface area contributed by atoms with Crippen molar-refractivity contribution in [2.24, 2.45) is 17.3 Å². The third kappa shape index (κ3) is 1.29. The number of carbonyl (C=O) groups excluding carboxylic acids is 1. The van der Waals surface area contributed by atoms with E-state index in [1.807, 2.05) is 31.2 Å². The van der Waals surface area contributed by atoms with Crippen LogP contribution in [0.15, 0.2) is 24.3 Å². The Hall–Kier alpha value is -1.62. The first-order chi connectivity index (χ1) is 8.17. The number of nitrogens with zero attached hydrogens (tertiary/aromatic N) is 1. The summed E-state index contributed by atoms with van der Waals surface area (Å²) < 4.78 is 0. The molecular weight excluding hydrogens is 210 g/mol. The molecule has 2 heteroatoms. The van der Waals surface area contributed by atoms with Crippen molar-refractivity contribution in [3.05, 3.63) is 35.4 Å². The summed E-state index contributed by atoms with van der Waals surface area (Å²) in [6, 6.07) is 10.1. The summed E-state index contributed by atoms with van der Waals surface area (Å²) >= 11 is 0. The fraction of sp³-hybridized carbons (Fsp3) is 0.467.